The van der Waals surface area contributed by atoms with Crippen molar-refractivity contribution in [2.45, 2.75) is 19.4 Å². The van der Waals surface area contributed by atoms with Gasteiger partial charge in [0.25, 0.3) is 5.91 Å². The lowest BCUT2D eigenvalue weighted by molar-refractivity contribution is -0.139. The van der Waals surface area contributed by atoms with E-state index in [0.29, 0.717) is 26.3 Å². The third-order valence-corrected chi connectivity index (χ3v) is 1.85. The summed E-state index contributed by atoms with van der Waals surface area (Å²) in [6, 6.07) is 0. The Bertz CT molecular complexity index is 171. The Kier molecular flexibility index (Phi) is 6.44. The van der Waals surface area contributed by atoms with Crippen LogP contribution in [0.15, 0.2) is 0 Å². The molecule has 0 aromatic heterocycles. The predicted molar refractivity (Wildman–Crippen MR) is 54.0 cm³/mol. The van der Waals surface area contributed by atoms with Crippen LogP contribution in [0.5, 0.6) is 0 Å². The van der Waals surface area contributed by atoms with Crippen LogP contribution in [-0.4, -0.2) is 44.9 Å². The molecule has 0 aromatic carbocycles. The van der Waals surface area contributed by atoms with E-state index in [0.717, 1.165) is 0 Å². The summed E-state index contributed by atoms with van der Waals surface area (Å²) in [6.45, 7) is 5.39. The number of nitrogens with one attached hydrogen (secondary N) is 1. The molecular formula is C9H20N2O3. The van der Waals surface area contributed by atoms with E-state index in [2.05, 4.69) is 5.32 Å². The van der Waals surface area contributed by atoms with E-state index in [4.69, 9.17) is 15.2 Å². The molecule has 0 fully saturated rings. The van der Waals surface area contributed by atoms with E-state index in [1.54, 1.807) is 13.8 Å². The number of amides is 1. The van der Waals surface area contributed by atoms with Crippen LogP contribution in [0.3, 0.4) is 0 Å². The summed E-state index contributed by atoms with van der Waals surface area (Å²) in [4.78, 5) is 11.4. The molecule has 1 amide bonds. The van der Waals surface area contributed by atoms with Crippen molar-refractivity contribution in [2.75, 3.05) is 33.4 Å². The second-order valence-corrected chi connectivity index (χ2v) is 3.37. The zero-order valence-electron chi connectivity index (χ0n) is 9.13. The third-order valence-electron chi connectivity index (χ3n) is 1.85. The Hall–Kier alpha value is -0.650. The number of hydrogen-bond acceptors (Lipinski definition) is 4. The summed E-state index contributed by atoms with van der Waals surface area (Å²) in [5.41, 5.74) is 4.45. The molecule has 5 nitrogen and oxygen atoms in total. The van der Waals surface area contributed by atoms with Crippen molar-refractivity contribution < 1.29 is 14.3 Å². The van der Waals surface area contributed by atoms with Crippen LogP contribution in [0.2, 0.25) is 0 Å². The Balaban J connectivity index is 3.54. The molecule has 0 rings (SSSR count). The average molecular weight is 204 g/mol. The highest BCUT2D eigenvalue weighted by molar-refractivity contribution is 5.84. The fraction of sp³-hybridized carbons (Fsp3) is 0.889. The number of methoxy groups -OCH3 is 1. The van der Waals surface area contributed by atoms with Crippen molar-refractivity contribution >= 4 is 5.91 Å². The molecule has 0 saturated carbocycles. The first-order valence-electron chi connectivity index (χ1n) is 4.66. The summed E-state index contributed by atoms with van der Waals surface area (Å²) < 4.78 is 10.1. The van der Waals surface area contributed by atoms with Gasteiger partial charge in [-0.2, -0.15) is 0 Å². The second-order valence-electron chi connectivity index (χ2n) is 3.37. The fourth-order valence-corrected chi connectivity index (χ4v) is 0.728. The van der Waals surface area contributed by atoms with Crippen LogP contribution in [-0.2, 0) is 14.3 Å². The van der Waals surface area contributed by atoms with Gasteiger partial charge in [0.15, 0.2) is 0 Å². The summed E-state index contributed by atoms with van der Waals surface area (Å²) in [5.74, 6) is -0.142. The monoisotopic (exact) mass is 204 g/mol. The van der Waals surface area contributed by atoms with Crippen molar-refractivity contribution in [2.24, 2.45) is 5.73 Å². The van der Waals surface area contributed by atoms with Gasteiger partial charge in [-0.15, -0.1) is 0 Å². The molecule has 0 unspecified atom stereocenters. The topological polar surface area (TPSA) is 73.6 Å². The van der Waals surface area contributed by atoms with Crippen molar-refractivity contribution in [3.05, 3.63) is 0 Å². The molecule has 0 heterocycles. The Labute approximate surface area is 84.9 Å². The van der Waals surface area contributed by atoms with Crippen molar-refractivity contribution in [1.29, 1.82) is 0 Å². The Morgan fingerprint density at radius 2 is 2.07 bits per heavy atom. The van der Waals surface area contributed by atoms with Gasteiger partial charge in [0.1, 0.15) is 5.60 Å². The highest BCUT2D eigenvalue weighted by Crippen LogP contribution is 2.06. The molecule has 14 heavy (non-hydrogen) atoms. The number of ether oxygens (including phenoxy) is 2. The maximum absolute atomic E-state index is 11.4. The first-order chi connectivity index (χ1) is 6.54. The molecule has 0 aliphatic heterocycles. The zero-order valence-corrected chi connectivity index (χ0v) is 9.13. The molecular weight excluding hydrogens is 184 g/mol. The lowest BCUT2D eigenvalue weighted by Crippen LogP contribution is -2.44. The normalized spacial score (nSPS) is 11.4. The molecule has 3 N–H and O–H groups in total. The summed E-state index contributed by atoms with van der Waals surface area (Å²) in [6.07, 6.45) is 0. The van der Waals surface area contributed by atoms with Gasteiger partial charge >= 0.3 is 0 Å². The van der Waals surface area contributed by atoms with E-state index >= 15 is 0 Å². The SMILES string of the molecule is COC(C)(C)C(=O)NCCOCCN. The van der Waals surface area contributed by atoms with Crippen LogP contribution in [0, 0.1) is 0 Å². The molecule has 0 radical (unpaired) electrons. The van der Waals surface area contributed by atoms with E-state index in [1.165, 1.54) is 7.11 Å². The van der Waals surface area contributed by atoms with Gasteiger partial charge in [-0.1, -0.05) is 0 Å². The number of nitrogens with two attached hydrogens (primary N) is 1. The molecule has 0 aromatic rings. The Morgan fingerprint density at radius 3 is 2.57 bits per heavy atom. The fourth-order valence-electron chi connectivity index (χ4n) is 0.728. The van der Waals surface area contributed by atoms with Crippen LogP contribution < -0.4 is 11.1 Å². The first-order valence-corrected chi connectivity index (χ1v) is 4.66. The molecule has 0 bridgehead atoms. The van der Waals surface area contributed by atoms with Gasteiger partial charge in [0, 0.05) is 20.2 Å². The van der Waals surface area contributed by atoms with E-state index in [-0.39, 0.29) is 5.91 Å². The van der Waals surface area contributed by atoms with Crippen molar-refractivity contribution in [1.82, 2.24) is 5.32 Å². The molecule has 0 spiro atoms. The van der Waals surface area contributed by atoms with Gasteiger partial charge in [-0.05, 0) is 13.8 Å². The molecule has 0 aliphatic rings. The smallest absolute Gasteiger partial charge is 0.251 e. The van der Waals surface area contributed by atoms with E-state index in [9.17, 15) is 4.79 Å². The van der Waals surface area contributed by atoms with E-state index in [1.807, 2.05) is 0 Å². The predicted octanol–water partition coefficient (Wildman–Crippen LogP) is -0.497. The number of carbonyl (C=O) groups is 1. The van der Waals surface area contributed by atoms with Gasteiger partial charge in [0.2, 0.25) is 0 Å². The molecule has 0 saturated heterocycles. The number of rotatable bonds is 7. The summed E-state index contributed by atoms with van der Waals surface area (Å²) in [5, 5.41) is 2.70. The molecule has 0 aliphatic carbocycles. The minimum atomic E-state index is -0.784. The second kappa shape index (κ2) is 6.75. The van der Waals surface area contributed by atoms with Crippen molar-refractivity contribution in [3.63, 3.8) is 0 Å². The van der Waals surface area contributed by atoms with E-state index < -0.39 is 5.60 Å². The largest absolute Gasteiger partial charge is 0.378 e. The molecule has 84 valence electrons. The third kappa shape index (κ3) is 5.16. The lowest BCUT2D eigenvalue weighted by Gasteiger charge is -2.21. The first kappa shape index (κ1) is 13.4. The quantitative estimate of drug-likeness (QED) is 0.548. The zero-order chi connectivity index (χ0) is 11.0. The molecule has 0 atom stereocenters. The summed E-state index contributed by atoms with van der Waals surface area (Å²) in [7, 11) is 1.50. The highest BCUT2D eigenvalue weighted by Gasteiger charge is 2.26. The van der Waals surface area contributed by atoms with Crippen LogP contribution in [0.1, 0.15) is 13.8 Å². The minimum absolute atomic E-state index is 0.142. The van der Waals surface area contributed by atoms with Gasteiger partial charge in [-0.3, -0.25) is 4.79 Å². The summed E-state index contributed by atoms with van der Waals surface area (Å²) >= 11 is 0. The highest BCUT2D eigenvalue weighted by atomic mass is 16.5. The number of carbonyl (C=O) groups excluding carboxylic acids is 1. The van der Waals surface area contributed by atoms with Gasteiger partial charge in [-0.25, -0.2) is 0 Å². The van der Waals surface area contributed by atoms with Gasteiger partial charge in [0.05, 0.1) is 13.2 Å². The maximum Gasteiger partial charge on any atom is 0.251 e. The standard InChI is InChI=1S/C9H20N2O3/c1-9(2,13-3)8(12)11-5-7-14-6-4-10/h4-7,10H2,1-3H3,(H,11,12). The Morgan fingerprint density at radius 1 is 1.43 bits per heavy atom. The van der Waals surface area contributed by atoms with Crippen molar-refractivity contribution in [3.8, 4) is 0 Å². The van der Waals surface area contributed by atoms with Gasteiger partial charge < -0.3 is 20.5 Å². The average Bonchev–Trinajstić information content (AvgIpc) is 2.17. The maximum atomic E-state index is 11.4. The van der Waals surface area contributed by atoms with Crippen LogP contribution in [0.4, 0.5) is 0 Å². The van der Waals surface area contributed by atoms with Crippen LogP contribution >= 0.6 is 0 Å². The minimum Gasteiger partial charge on any atom is -0.378 e. The van der Waals surface area contributed by atoms with Crippen LogP contribution in [0.25, 0.3) is 0 Å². The molecule has 5 heteroatoms. The number of hydrogen-bond donors (Lipinski definition) is 2. The lowest BCUT2D eigenvalue weighted by atomic mass is 10.1.